The predicted octanol–water partition coefficient (Wildman–Crippen LogP) is 1.82. The number of rotatable bonds is 1. The Morgan fingerprint density at radius 2 is 1.71 bits per heavy atom. The van der Waals surface area contributed by atoms with Crippen molar-refractivity contribution in [1.82, 2.24) is 15.0 Å². The van der Waals surface area contributed by atoms with Crippen LogP contribution in [-0.4, -0.2) is 15.0 Å². The van der Waals surface area contributed by atoms with E-state index < -0.39 is 11.6 Å². The molecule has 0 aliphatic heterocycles. The lowest BCUT2D eigenvalue weighted by atomic mass is 10.2. The SMILES string of the molecule is Fc1ccc(-c2ncncn2)c(F)c1. The Bertz CT molecular complexity index is 445. The molecule has 1 aromatic heterocycles. The molecular weight excluding hydrogens is 188 g/mol. The van der Waals surface area contributed by atoms with Crippen molar-refractivity contribution >= 4 is 0 Å². The van der Waals surface area contributed by atoms with E-state index in [4.69, 9.17) is 0 Å². The van der Waals surface area contributed by atoms with Crippen LogP contribution in [0.15, 0.2) is 30.9 Å². The topological polar surface area (TPSA) is 38.7 Å². The summed E-state index contributed by atoms with van der Waals surface area (Å²) in [6.07, 6.45) is 2.51. The highest BCUT2D eigenvalue weighted by Gasteiger charge is 2.07. The van der Waals surface area contributed by atoms with Crippen LogP contribution in [0, 0.1) is 11.6 Å². The Labute approximate surface area is 78.5 Å². The van der Waals surface area contributed by atoms with Gasteiger partial charge in [-0.15, -0.1) is 0 Å². The highest BCUT2D eigenvalue weighted by molar-refractivity contribution is 5.54. The first-order valence-corrected chi connectivity index (χ1v) is 3.85. The summed E-state index contributed by atoms with van der Waals surface area (Å²) in [5.41, 5.74) is 0.161. The molecule has 1 aromatic carbocycles. The minimum atomic E-state index is -0.684. The summed E-state index contributed by atoms with van der Waals surface area (Å²) in [5, 5.41) is 0. The fraction of sp³-hybridized carbons (Fsp3) is 0. The molecule has 3 nitrogen and oxygen atoms in total. The van der Waals surface area contributed by atoms with Crippen molar-refractivity contribution in [3.05, 3.63) is 42.5 Å². The standard InChI is InChI=1S/C9H5F2N3/c10-6-1-2-7(8(11)3-6)9-13-4-12-5-14-9/h1-5H. The van der Waals surface area contributed by atoms with Crippen molar-refractivity contribution in [2.75, 3.05) is 0 Å². The van der Waals surface area contributed by atoms with E-state index >= 15 is 0 Å². The highest BCUT2D eigenvalue weighted by atomic mass is 19.1. The van der Waals surface area contributed by atoms with Crippen LogP contribution in [0.2, 0.25) is 0 Å². The molecule has 0 fully saturated rings. The maximum absolute atomic E-state index is 13.2. The van der Waals surface area contributed by atoms with E-state index in [1.807, 2.05) is 0 Å². The molecule has 5 heteroatoms. The lowest BCUT2D eigenvalue weighted by Gasteiger charge is -1.99. The van der Waals surface area contributed by atoms with E-state index in [-0.39, 0.29) is 11.4 Å². The van der Waals surface area contributed by atoms with Gasteiger partial charge in [0.05, 0.1) is 5.56 Å². The monoisotopic (exact) mass is 193 g/mol. The molecule has 0 radical (unpaired) electrons. The molecular formula is C9H5F2N3. The van der Waals surface area contributed by atoms with Gasteiger partial charge in [-0.3, -0.25) is 0 Å². The smallest absolute Gasteiger partial charge is 0.165 e. The van der Waals surface area contributed by atoms with Gasteiger partial charge in [-0.2, -0.15) is 0 Å². The summed E-state index contributed by atoms with van der Waals surface area (Å²) in [6, 6.07) is 3.24. The van der Waals surface area contributed by atoms with Crippen LogP contribution in [0.5, 0.6) is 0 Å². The first-order valence-electron chi connectivity index (χ1n) is 3.85. The van der Waals surface area contributed by atoms with Gasteiger partial charge in [0.15, 0.2) is 5.82 Å². The third-order valence-electron chi connectivity index (χ3n) is 1.67. The Morgan fingerprint density at radius 1 is 1.00 bits per heavy atom. The minimum absolute atomic E-state index is 0.161. The maximum Gasteiger partial charge on any atom is 0.165 e. The van der Waals surface area contributed by atoms with E-state index in [1.165, 1.54) is 18.7 Å². The summed E-state index contributed by atoms with van der Waals surface area (Å²) < 4.78 is 25.8. The van der Waals surface area contributed by atoms with Crippen molar-refractivity contribution < 1.29 is 8.78 Å². The molecule has 0 aliphatic carbocycles. The van der Waals surface area contributed by atoms with E-state index in [9.17, 15) is 8.78 Å². The minimum Gasteiger partial charge on any atom is -0.225 e. The predicted molar refractivity (Wildman–Crippen MR) is 45.2 cm³/mol. The molecule has 0 bridgehead atoms. The maximum atomic E-state index is 13.2. The van der Waals surface area contributed by atoms with E-state index in [1.54, 1.807) is 0 Å². The van der Waals surface area contributed by atoms with E-state index in [0.717, 1.165) is 12.1 Å². The Kier molecular flexibility index (Phi) is 2.14. The van der Waals surface area contributed by atoms with Crippen molar-refractivity contribution in [3.63, 3.8) is 0 Å². The van der Waals surface area contributed by atoms with Crippen LogP contribution in [0.3, 0.4) is 0 Å². The van der Waals surface area contributed by atoms with Gasteiger partial charge in [-0.1, -0.05) is 0 Å². The molecule has 2 rings (SSSR count). The molecule has 0 amide bonds. The summed E-state index contributed by atoms with van der Waals surface area (Å²) in [6.45, 7) is 0. The van der Waals surface area contributed by atoms with Crippen LogP contribution in [0.4, 0.5) is 8.78 Å². The summed E-state index contributed by atoms with van der Waals surface area (Å²) >= 11 is 0. The average molecular weight is 193 g/mol. The fourth-order valence-electron chi connectivity index (χ4n) is 1.05. The van der Waals surface area contributed by atoms with Crippen LogP contribution in [0.1, 0.15) is 0 Å². The highest BCUT2D eigenvalue weighted by Crippen LogP contribution is 2.18. The van der Waals surface area contributed by atoms with Gasteiger partial charge in [0, 0.05) is 6.07 Å². The number of nitrogens with zero attached hydrogens (tertiary/aromatic N) is 3. The first-order chi connectivity index (χ1) is 6.77. The van der Waals surface area contributed by atoms with Crippen molar-refractivity contribution in [1.29, 1.82) is 0 Å². The van der Waals surface area contributed by atoms with Crippen molar-refractivity contribution in [3.8, 4) is 11.4 Å². The number of benzene rings is 1. The Morgan fingerprint density at radius 3 is 2.36 bits per heavy atom. The number of aromatic nitrogens is 3. The van der Waals surface area contributed by atoms with Gasteiger partial charge >= 0.3 is 0 Å². The summed E-state index contributed by atoms with van der Waals surface area (Å²) in [4.78, 5) is 11.1. The molecule has 0 saturated carbocycles. The third kappa shape index (κ3) is 1.56. The van der Waals surface area contributed by atoms with Gasteiger partial charge in [0.2, 0.25) is 0 Å². The third-order valence-corrected chi connectivity index (χ3v) is 1.67. The van der Waals surface area contributed by atoms with Gasteiger partial charge in [-0.05, 0) is 12.1 Å². The number of hydrogen-bond donors (Lipinski definition) is 0. The molecule has 0 N–H and O–H groups in total. The normalized spacial score (nSPS) is 10.1. The average Bonchev–Trinajstić information content (AvgIpc) is 2.19. The molecule has 2 aromatic rings. The van der Waals surface area contributed by atoms with Crippen LogP contribution < -0.4 is 0 Å². The van der Waals surface area contributed by atoms with E-state index in [2.05, 4.69) is 15.0 Å². The second-order valence-corrected chi connectivity index (χ2v) is 2.59. The van der Waals surface area contributed by atoms with Gasteiger partial charge < -0.3 is 0 Å². The van der Waals surface area contributed by atoms with Crippen LogP contribution in [-0.2, 0) is 0 Å². The Balaban J connectivity index is 2.53. The summed E-state index contributed by atoms with van der Waals surface area (Å²) in [7, 11) is 0. The van der Waals surface area contributed by atoms with Crippen molar-refractivity contribution in [2.24, 2.45) is 0 Å². The lowest BCUT2D eigenvalue weighted by Crippen LogP contribution is -1.92. The molecule has 14 heavy (non-hydrogen) atoms. The molecule has 0 saturated heterocycles. The first kappa shape index (κ1) is 8.68. The molecule has 0 aliphatic rings. The van der Waals surface area contributed by atoms with Crippen LogP contribution in [0.25, 0.3) is 11.4 Å². The molecule has 70 valence electrons. The second-order valence-electron chi connectivity index (χ2n) is 2.59. The van der Waals surface area contributed by atoms with Gasteiger partial charge in [0.1, 0.15) is 24.3 Å². The summed E-state index contributed by atoms with van der Waals surface area (Å²) in [5.74, 6) is -1.12. The molecule has 0 spiro atoms. The molecule has 0 unspecified atom stereocenters. The Hall–Kier alpha value is -1.91. The largest absolute Gasteiger partial charge is 0.225 e. The quantitative estimate of drug-likeness (QED) is 0.693. The van der Waals surface area contributed by atoms with E-state index in [0.29, 0.717) is 0 Å². The lowest BCUT2D eigenvalue weighted by molar-refractivity contribution is 0.585. The molecule has 0 atom stereocenters. The zero-order valence-corrected chi connectivity index (χ0v) is 6.98. The fourth-order valence-corrected chi connectivity index (χ4v) is 1.05. The number of hydrogen-bond acceptors (Lipinski definition) is 3. The van der Waals surface area contributed by atoms with Crippen molar-refractivity contribution in [2.45, 2.75) is 0 Å². The number of halogens is 2. The van der Waals surface area contributed by atoms with Gasteiger partial charge in [-0.25, -0.2) is 23.7 Å². The zero-order chi connectivity index (χ0) is 9.97. The van der Waals surface area contributed by atoms with Crippen LogP contribution >= 0.6 is 0 Å². The zero-order valence-electron chi connectivity index (χ0n) is 6.98. The van der Waals surface area contributed by atoms with Gasteiger partial charge in [0.25, 0.3) is 0 Å². The molecule has 1 heterocycles. The second kappa shape index (κ2) is 3.45.